The van der Waals surface area contributed by atoms with Crippen LogP contribution >= 0.6 is 15.9 Å². The number of imidazole rings is 1. The Morgan fingerprint density at radius 1 is 1.50 bits per heavy atom. The zero-order valence-corrected chi connectivity index (χ0v) is 9.80. The zero-order valence-electron chi connectivity index (χ0n) is 8.21. The molecule has 0 bridgehead atoms. The summed E-state index contributed by atoms with van der Waals surface area (Å²) < 4.78 is 3.09. The first-order valence-corrected chi connectivity index (χ1v) is 5.29. The second-order valence-electron chi connectivity index (χ2n) is 3.31. The average Bonchev–Trinajstić information content (AvgIpc) is 2.46. The van der Waals surface area contributed by atoms with Gasteiger partial charge in [-0.15, -0.1) is 0 Å². The van der Waals surface area contributed by atoms with Crippen LogP contribution in [0, 0.1) is 6.92 Å². The van der Waals surface area contributed by atoms with Crippen LogP contribution in [0.4, 0.5) is 0 Å². The Morgan fingerprint density at radius 2 is 2.29 bits per heavy atom. The molecule has 2 aromatic heterocycles. The minimum atomic E-state index is 0.779. The molecule has 2 rings (SSSR count). The number of rotatable bonds is 2. The van der Waals surface area contributed by atoms with E-state index in [1.165, 1.54) is 5.56 Å². The third-order valence-corrected chi connectivity index (χ3v) is 2.96. The molecule has 14 heavy (non-hydrogen) atoms. The molecule has 0 amide bonds. The molecule has 0 unspecified atom stereocenters. The molecule has 0 spiro atoms. The van der Waals surface area contributed by atoms with E-state index in [2.05, 4.69) is 49.8 Å². The molecule has 74 valence electrons. The fourth-order valence-electron chi connectivity index (χ4n) is 1.45. The van der Waals surface area contributed by atoms with E-state index in [1.54, 1.807) is 0 Å². The van der Waals surface area contributed by atoms with E-state index in [4.69, 9.17) is 0 Å². The molecule has 2 heterocycles. The van der Waals surface area contributed by atoms with Gasteiger partial charge < -0.3 is 5.32 Å². The lowest BCUT2D eigenvalue weighted by atomic mass is 10.3. The summed E-state index contributed by atoms with van der Waals surface area (Å²) >= 11 is 3.55. The third kappa shape index (κ3) is 1.55. The lowest BCUT2D eigenvalue weighted by Crippen LogP contribution is -2.05. The molecular weight excluding hydrogens is 242 g/mol. The Labute approximate surface area is 91.3 Å². The number of aromatic nitrogens is 2. The monoisotopic (exact) mass is 253 g/mol. The Kier molecular flexibility index (Phi) is 2.56. The minimum Gasteiger partial charge on any atom is -0.314 e. The van der Waals surface area contributed by atoms with Crippen LogP contribution in [-0.4, -0.2) is 16.4 Å². The van der Waals surface area contributed by atoms with Crippen molar-refractivity contribution in [1.29, 1.82) is 0 Å². The highest BCUT2D eigenvalue weighted by Crippen LogP contribution is 2.19. The maximum absolute atomic E-state index is 4.50. The van der Waals surface area contributed by atoms with Crippen LogP contribution in [0.25, 0.3) is 5.65 Å². The van der Waals surface area contributed by atoms with E-state index < -0.39 is 0 Å². The summed E-state index contributed by atoms with van der Waals surface area (Å²) in [5, 5.41) is 3.09. The Hall–Kier alpha value is -0.870. The molecule has 0 saturated heterocycles. The van der Waals surface area contributed by atoms with Gasteiger partial charge in [-0.3, -0.25) is 4.40 Å². The Morgan fingerprint density at radius 3 is 3.00 bits per heavy atom. The maximum Gasteiger partial charge on any atom is 0.137 e. The molecule has 3 nitrogen and oxygen atoms in total. The maximum atomic E-state index is 4.50. The third-order valence-electron chi connectivity index (χ3n) is 2.12. The Balaban J connectivity index is 2.62. The van der Waals surface area contributed by atoms with Crippen molar-refractivity contribution in [3.63, 3.8) is 0 Å². The fraction of sp³-hybridized carbons (Fsp3) is 0.300. The zero-order chi connectivity index (χ0) is 10.1. The van der Waals surface area contributed by atoms with Crippen molar-refractivity contribution in [3.8, 4) is 0 Å². The molecule has 0 aliphatic heterocycles. The standard InChI is InChI=1S/C10H12BrN3/c1-7-3-4-9-13-8(5-12-2)10(11)14(9)6-7/h3-4,6,12H,5H2,1-2H3. The summed E-state index contributed by atoms with van der Waals surface area (Å²) in [6.45, 7) is 2.85. The quantitative estimate of drug-likeness (QED) is 0.889. The van der Waals surface area contributed by atoms with Crippen LogP contribution in [0.3, 0.4) is 0 Å². The van der Waals surface area contributed by atoms with E-state index in [0.29, 0.717) is 0 Å². The summed E-state index contributed by atoms with van der Waals surface area (Å²) in [7, 11) is 1.92. The molecule has 0 aliphatic rings. The molecule has 4 heteroatoms. The predicted octanol–water partition coefficient (Wildman–Crippen LogP) is 2.12. The highest BCUT2D eigenvalue weighted by molar-refractivity contribution is 9.10. The second-order valence-corrected chi connectivity index (χ2v) is 4.07. The number of pyridine rings is 1. The normalized spacial score (nSPS) is 11.1. The van der Waals surface area contributed by atoms with Gasteiger partial charge in [0.1, 0.15) is 10.3 Å². The van der Waals surface area contributed by atoms with E-state index in [9.17, 15) is 0 Å². The molecule has 0 atom stereocenters. The van der Waals surface area contributed by atoms with E-state index >= 15 is 0 Å². The molecule has 0 saturated carbocycles. The summed E-state index contributed by atoms with van der Waals surface area (Å²) in [6, 6.07) is 4.09. The number of hydrogen-bond donors (Lipinski definition) is 1. The smallest absolute Gasteiger partial charge is 0.137 e. The van der Waals surface area contributed by atoms with Crippen molar-refractivity contribution in [2.75, 3.05) is 7.05 Å². The Bertz CT molecular complexity index is 462. The summed E-state index contributed by atoms with van der Waals surface area (Å²) in [6.07, 6.45) is 2.07. The van der Waals surface area contributed by atoms with Gasteiger partial charge in [0.25, 0.3) is 0 Å². The first-order valence-electron chi connectivity index (χ1n) is 4.50. The molecule has 0 aliphatic carbocycles. The van der Waals surface area contributed by atoms with E-state index in [1.807, 2.05) is 13.1 Å². The van der Waals surface area contributed by atoms with Crippen molar-refractivity contribution >= 4 is 21.6 Å². The lowest BCUT2D eigenvalue weighted by Gasteiger charge is -1.97. The van der Waals surface area contributed by atoms with Gasteiger partial charge in [0.05, 0.1) is 5.69 Å². The number of nitrogens with zero attached hydrogens (tertiary/aromatic N) is 2. The number of fused-ring (bicyclic) bond motifs is 1. The van der Waals surface area contributed by atoms with Crippen LogP contribution in [0.1, 0.15) is 11.3 Å². The van der Waals surface area contributed by atoms with Gasteiger partial charge in [0, 0.05) is 12.7 Å². The van der Waals surface area contributed by atoms with Gasteiger partial charge in [-0.25, -0.2) is 4.98 Å². The predicted molar refractivity (Wildman–Crippen MR) is 60.4 cm³/mol. The van der Waals surface area contributed by atoms with Crippen LogP contribution in [0.5, 0.6) is 0 Å². The van der Waals surface area contributed by atoms with Gasteiger partial charge in [0.15, 0.2) is 0 Å². The average molecular weight is 254 g/mol. The summed E-state index contributed by atoms with van der Waals surface area (Å²) in [5.74, 6) is 0. The lowest BCUT2D eigenvalue weighted by molar-refractivity contribution is 0.793. The molecule has 2 aromatic rings. The topological polar surface area (TPSA) is 29.3 Å². The van der Waals surface area contributed by atoms with Crippen LogP contribution in [0.15, 0.2) is 22.9 Å². The number of halogens is 1. The number of nitrogens with one attached hydrogen (secondary N) is 1. The highest BCUT2D eigenvalue weighted by Gasteiger charge is 2.07. The summed E-state index contributed by atoms with van der Waals surface area (Å²) in [4.78, 5) is 4.50. The summed E-state index contributed by atoms with van der Waals surface area (Å²) in [5.41, 5.74) is 3.25. The van der Waals surface area contributed by atoms with Crippen molar-refractivity contribution in [3.05, 3.63) is 34.2 Å². The minimum absolute atomic E-state index is 0.779. The SMILES string of the molecule is CNCc1nc2ccc(C)cn2c1Br. The highest BCUT2D eigenvalue weighted by atomic mass is 79.9. The van der Waals surface area contributed by atoms with Crippen LogP contribution < -0.4 is 5.32 Å². The largest absolute Gasteiger partial charge is 0.314 e. The van der Waals surface area contributed by atoms with Gasteiger partial charge in [-0.05, 0) is 41.5 Å². The molecule has 0 aromatic carbocycles. The van der Waals surface area contributed by atoms with Crippen LogP contribution in [0.2, 0.25) is 0 Å². The first-order chi connectivity index (χ1) is 6.72. The van der Waals surface area contributed by atoms with Crippen molar-refractivity contribution in [2.45, 2.75) is 13.5 Å². The fourth-order valence-corrected chi connectivity index (χ4v) is 1.96. The van der Waals surface area contributed by atoms with Gasteiger partial charge >= 0.3 is 0 Å². The van der Waals surface area contributed by atoms with E-state index in [0.717, 1.165) is 22.5 Å². The van der Waals surface area contributed by atoms with Gasteiger partial charge in [0.2, 0.25) is 0 Å². The molecular formula is C10H12BrN3. The van der Waals surface area contributed by atoms with Gasteiger partial charge in [-0.1, -0.05) is 6.07 Å². The van der Waals surface area contributed by atoms with E-state index in [-0.39, 0.29) is 0 Å². The van der Waals surface area contributed by atoms with Crippen molar-refractivity contribution in [1.82, 2.24) is 14.7 Å². The van der Waals surface area contributed by atoms with Gasteiger partial charge in [-0.2, -0.15) is 0 Å². The van der Waals surface area contributed by atoms with Crippen molar-refractivity contribution in [2.24, 2.45) is 0 Å². The molecule has 1 N–H and O–H groups in total. The number of hydrogen-bond acceptors (Lipinski definition) is 2. The first kappa shape index (κ1) is 9.68. The van der Waals surface area contributed by atoms with Crippen LogP contribution in [-0.2, 0) is 6.54 Å². The second kappa shape index (κ2) is 3.71. The van der Waals surface area contributed by atoms with Crippen molar-refractivity contribution < 1.29 is 0 Å². The molecule has 0 fully saturated rings. The molecule has 0 radical (unpaired) electrons. The number of aryl methyl sites for hydroxylation is 1.